The second-order valence-corrected chi connectivity index (χ2v) is 7.89. The van der Waals surface area contributed by atoms with E-state index in [0.717, 1.165) is 22.4 Å². The Kier molecular flexibility index (Phi) is 6.73. The average Bonchev–Trinajstić information content (AvgIpc) is 2.70. The summed E-state index contributed by atoms with van der Waals surface area (Å²) in [6.07, 6.45) is 0. The van der Waals surface area contributed by atoms with E-state index in [1.54, 1.807) is 25.3 Å². The molecule has 0 aliphatic carbocycles. The molecule has 3 aromatic rings. The third-order valence-corrected chi connectivity index (χ3v) is 4.94. The second kappa shape index (κ2) is 9.26. The monoisotopic (exact) mass is 412 g/mol. The maximum atomic E-state index is 14.1. The van der Waals surface area contributed by atoms with Crippen molar-refractivity contribution in [2.24, 2.45) is 0 Å². The van der Waals surface area contributed by atoms with Crippen LogP contribution in [-0.2, 0) is 16.8 Å². The van der Waals surface area contributed by atoms with Crippen LogP contribution in [0.1, 0.15) is 30.5 Å². The SMILES string of the molecule is COc1cc(C(C)(C)COCc2ccc(F)c(Oc3cccc(F)c3)c2)ccc1C. The van der Waals surface area contributed by atoms with Crippen LogP contribution in [0.5, 0.6) is 17.2 Å². The minimum absolute atomic E-state index is 0.0317. The van der Waals surface area contributed by atoms with Crippen LogP contribution in [0.15, 0.2) is 60.7 Å². The summed E-state index contributed by atoms with van der Waals surface area (Å²) in [7, 11) is 1.66. The summed E-state index contributed by atoms with van der Waals surface area (Å²) >= 11 is 0. The van der Waals surface area contributed by atoms with Crippen LogP contribution in [0.4, 0.5) is 8.78 Å². The molecule has 3 aromatic carbocycles. The van der Waals surface area contributed by atoms with Gasteiger partial charge in [0.05, 0.1) is 20.3 Å². The van der Waals surface area contributed by atoms with Crippen molar-refractivity contribution in [1.29, 1.82) is 0 Å². The van der Waals surface area contributed by atoms with Gasteiger partial charge in [0.1, 0.15) is 17.3 Å². The lowest BCUT2D eigenvalue weighted by Gasteiger charge is -2.26. The van der Waals surface area contributed by atoms with Gasteiger partial charge in [-0.3, -0.25) is 0 Å². The van der Waals surface area contributed by atoms with Gasteiger partial charge in [0.25, 0.3) is 0 Å². The summed E-state index contributed by atoms with van der Waals surface area (Å²) in [6, 6.07) is 16.3. The lowest BCUT2D eigenvalue weighted by atomic mass is 9.85. The van der Waals surface area contributed by atoms with Crippen LogP contribution in [0, 0.1) is 18.6 Å². The van der Waals surface area contributed by atoms with Gasteiger partial charge in [-0.15, -0.1) is 0 Å². The molecule has 0 radical (unpaired) electrons. The largest absolute Gasteiger partial charge is 0.496 e. The average molecular weight is 412 g/mol. The molecular formula is C25H26F2O3. The summed E-state index contributed by atoms with van der Waals surface area (Å²) in [6.45, 7) is 6.97. The summed E-state index contributed by atoms with van der Waals surface area (Å²) in [5.74, 6) is 0.154. The Morgan fingerprint density at radius 3 is 2.43 bits per heavy atom. The first kappa shape index (κ1) is 21.8. The molecule has 0 aliphatic rings. The van der Waals surface area contributed by atoms with Gasteiger partial charge in [0.2, 0.25) is 0 Å². The summed E-state index contributed by atoms with van der Waals surface area (Å²) < 4.78 is 44.3. The Morgan fingerprint density at radius 1 is 0.900 bits per heavy atom. The molecule has 0 bridgehead atoms. The zero-order valence-electron chi connectivity index (χ0n) is 17.7. The quantitative estimate of drug-likeness (QED) is 0.419. The molecular weight excluding hydrogens is 386 g/mol. The predicted molar refractivity (Wildman–Crippen MR) is 113 cm³/mol. The number of hydrogen-bond donors (Lipinski definition) is 0. The topological polar surface area (TPSA) is 27.7 Å². The van der Waals surface area contributed by atoms with Crippen molar-refractivity contribution in [2.45, 2.75) is 32.8 Å². The lowest BCUT2D eigenvalue weighted by Crippen LogP contribution is -2.24. The van der Waals surface area contributed by atoms with Crippen LogP contribution in [0.3, 0.4) is 0 Å². The van der Waals surface area contributed by atoms with Gasteiger partial charge in [-0.25, -0.2) is 8.78 Å². The smallest absolute Gasteiger partial charge is 0.165 e. The number of rotatable bonds is 8. The van der Waals surface area contributed by atoms with E-state index in [0.29, 0.717) is 13.2 Å². The van der Waals surface area contributed by atoms with E-state index in [1.165, 1.54) is 24.3 Å². The van der Waals surface area contributed by atoms with Gasteiger partial charge < -0.3 is 14.2 Å². The van der Waals surface area contributed by atoms with Crippen LogP contribution in [-0.4, -0.2) is 13.7 Å². The minimum atomic E-state index is -0.518. The molecule has 0 fully saturated rings. The fraction of sp³-hybridized carbons (Fsp3) is 0.280. The molecule has 0 spiro atoms. The molecule has 5 heteroatoms. The molecule has 0 atom stereocenters. The Hall–Kier alpha value is -2.92. The highest BCUT2D eigenvalue weighted by Crippen LogP contribution is 2.30. The second-order valence-electron chi connectivity index (χ2n) is 7.89. The molecule has 158 valence electrons. The highest BCUT2D eigenvalue weighted by Gasteiger charge is 2.22. The third-order valence-electron chi connectivity index (χ3n) is 4.94. The van der Waals surface area contributed by atoms with Crippen LogP contribution >= 0.6 is 0 Å². The van der Waals surface area contributed by atoms with Crippen molar-refractivity contribution in [2.75, 3.05) is 13.7 Å². The lowest BCUT2D eigenvalue weighted by molar-refractivity contribution is 0.0823. The molecule has 0 aromatic heterocycles. The van der Waals surface area contributed by atoms with Gasteiger partial charge in [0, 0.05) is 11.5 Å². The van der Waals surface area contributed by atoms with E-state index in [-0.39, 0.29) is 16.9 Å². The van der Waals surface area contributed by atoms with Crippen LogP contribution in [0.25, 0.3) is 0 Å². The van der Waals surface area contributed by atoms with Crippen molar-refractivity contribution in [3.8, 4) is 17.2 Å². The number of hydrogen-bond acceptors (Lipinski definition) is 3. The van der Waals surface area contributed by atoms with Gasteiger partial charge in [-0.05, 0) is 53.9 Å². The Balaban J connectivity index is 1.65. The van der Waals surface area contributed by atoms with E-state index >= 15 is 0 Å². The number of aryl methyl sites for hydroxylation is 1. The van der Waals surface area contributed by atoms with Crippen LogP contribution < -0.4 is 9.47 Å². The zero-order chi connectivity index (χ0) is 21.7. The molecule has 30 heavy (non-hydrogen) atoms. The molecule has 0 saturated heterocycles. The number of benzene rings is 3. The first-order chi connectivity index (χ1) is 14.3. The number of methoxy groups -OCH3 is 1. The molecule has 3 nitrogen and oxygen atoms in total. The van der Waals surface area contributed by atoms with E-state index in [1.807, 2.05) is 19.1 Å². The summed E-state index contributed by atoms with van der Waals surface area (Å²) in [5, 5.41) is 0. The van der Waals surface area contributed by atoms with Gasteiger partial charge in [-0.1, -0.05) is 38.1 Å². The van der Waals surface area contributed by atoms with Crippen LogP contribution in [0.2, 0.25) is 0 Å². The van der Waals surface area contributed by atoms with Crippen molar-refractivity contribution >= 4 is 0 Å². The van der Waals surface area contributed by atoms with Crippen molar-refractivity contribution < 1.29 is 23.0 Å². The van der Waals surface area contributed by atoms with Crippen molar-refractivity contribution in [3.05, 3.63) is 89.0 Å². The van der Waals surface area contributed by atoms with E-state index in [4.69, 9.17) is 14.2 Å². The molecule has 0 N–H and O–H groups in total. The minimum Gasteiger partial charge on any atom is -0.496 e. The van der Waals surface area contributed by atoms with E-state index in [9.17, 15) is 8.78 Å². The molecule has 0 aliphatic heterocycles. The molecule has 0 saturated carbocycles. The van der Waals surface area contributed by atoms with E-state index in [2.05, 4.69) is 19.9 Å². The molecule has 0 unspecified atom stereocenters. The summed E-state index contributed by atoms with van der Waals surface area (Å²) in [5.41, 5.74) is 2.72. The van der Waals surface area contributed by atoms with Crippen molar-refractivity contribution in [1.82, 2.24) is 0 Å². The van der Waals surface area contributed by atoms with Crippen molar-refractivity contribution in [3.63, 3.8) is 0 Å². The van der Waals surface area contributed by atoms with Gasteiger partial charge in [0.15, 0.2) is 11.6 Å². The maximum absolute atomic E-state index is 14.1. The van der Waals surface area contributed by atoms with Gasteiger partial charge in [-0.2, -0.15) is 0 Å². The Bertz CT molecular complexity index is 1020. The standard InChI is InChI=1S/C25H26F2O3/c1-17-8-10-19(13-23(17)28-4)25(2,3)16-29-15-18-9-11-22(27)24(12-18)30-21-7-5-6-20(26)14-21/h5-14H,15-16H2,1-4H3. The fourth-order valence-electron chi connectivity index (χ4n) is 3.12. The normalized spacial score (nSPS) is 11.4. The number of halogens is 2. The first-order valence-corrected chi connectivity index (χ1v) is 9.73. The zero-order valence-corrected chi connectivity index (χ0v) is 17.7. The molecule has 0 heterocycles. The number of ether oxygens (including phenoxy) is 3. The predicted octanol–water partition coefficient (Wildman–Crippen LogP) is 6.57. The molecule has 0 amide bonds. The molecule has 3 rings (SSSR count). The third kappa shape index (κ3) is 5.36. The maximum Gasteiger partial charge on any atom is 0.165 e. The van der Waals surface area contributed by atoms with E-state index < -0.39 is 11.6 Å². The highest BCUT2D eigenvalue weighted by molar-refractivity contribution is 5.39. The first-order valence-electron chi connectivity index (χ1n) is 9.73. The van der Waals surface area contributed by atoms with Gasteiger partial charge >= 0.3 is 0 Å². The Labute approximate surface area is 176 Å². The Morgan fingerprint density at radius 2 is 1.70 bits per heavy atom. The highest BCUT2D eigenvalue weighted by atomic mass is 19.1. The summed E-state index contributed by atoms with van der Waals surface area (Å²) in [4.78, 5) is 0. The fourth-order valence-corrected chi connectivity index (χ4v) is 3.12.